The largest absolute Gasteiger partial charge is 0.0842 e. The van der Waals surface area contributed by atoms with Gasteiger partial charge in [0.15, 0.2) is 0 Å². The second kappa shape index (κ2) is 3.93. The van der Waals surface area contributed by atoms with Gasteiger partial charge in [-0.3, -0.25) is 0 Å². The van der Waals surface area contributed by atoms with E-state index in [1.807, 2.05) is 0 Å². The average molecular weight is 235 g/mol. The van der Waals surface area contributed by atoms with Gasteiger partial charge in [0.25, 0.3) is 0 Å². The normalized spacial score (nSPS) is 15.6. The highest BCUT2D eigenvalue weighted by molar-refractivity contribution is 9.10. The van der Waals surface area contributed by atoms with Crippen molar-refractivity contribution in [3.05, 3.63) is 52.5 Å². The molecule has 0 spiro atoms. The maximum atomic E-state index is 3.44. The number of rotatable bonds is 1. The second-order valence-corrected chi connectivity index (χ2v) is 4.08. The quantitative estimate of drug-likeness (QED) is 0.684. The highest BCUT2D eigenvalue weighted by Crippen LogP contribution is 2.24. The Morgan fingerprint density at radius 2 is 1.85 bits per heavy atom. The van der Waals surface area contributed by atoms with Crippen LogP contribution in [0.2, 0.25) is 0 Å². The smallest absolute Gasteiger partial charge is 0.0175 e. The zero-order valence-corrected chi connectivity index (χ0v) is 8.92. The summed E-state index contributed by atoms with van der Waals surface area (Å²) in [4.78, 5) is 0. The summed E-state index contributed by atoms with van der Waals surface area (Å²) in [5, 5.41) is 0. The van der Waals surface area contributed by atoms with Crippen LogP contribution in [0.4, 0.5) is 0 Å². The first kappa shape index (κ1) is 8.76. The topological polar surface area (TPSA) is 0 Å². The first-order valence-electron chi connectivity index (χ1n) is 4.48. The molecule has 1 aliphatic carbocycles. The molecule has 0 saturated heterocycles. The first-order valence-corrected chi connectivity index (χ1v) is 5.27. The van der Waals surface area contributed by atoms with Crippen LogP contribution < -0.4 is 0 Å². The summed E-state index contributed by atoms with van der Waals surface area (Å²) in [6, 6.07) is 8.51. The Balaban J connectivity index is 2.30. The number of hydrogen-bond acceptors (Lipinski definition) is 0. The molecule has 2 rings (SSSR count). The fraction of sp³-hybridized carbons (Fsp3) is 0.167. The van der Waals surface area contributed by atoms with Crippen molar-refractivity contribution in [2.24, 2.45) is 0 Å². The Morgan fingerprint density at radius 3 is 2.46 bits per heavy atom. The van der Waals surface area contributed by atoms with Crippen LogP contribution in [0.25, 0.3) is 5.57 Å². The zero-order valence-electron chi connectivity index (χ0n) is 7.33. The SMILES string of the molecule is Brc1ccc(C2=CC=CCC2)cc1. The predicted octanol–water partition coefficient (Wildman–Crippen LogP) is 4.18. The Labute approximate surface area is 87.1 Å². The Hall–Kier alpha value is -0.820. The molecule has 0 N–H and O–H groups in total. The first-order chi connectivity index (χ1) is 6.36. The van der Waals surface area contributed by atoms with Crippen molar-refractivity contribution < 1.29 is 0 Å². The summed E-state index contributed by atoms with van der Waals surface area (Å²) >= 11 is 3.44. The Bertz CT molecular complexity index is 344. The van der Waals surface area contributed by atoms with E-state index in [4.69, 9.17) is 0 Å². The lowest BCUT2D eigenvalue weighted by Crippen LogP contribution is -1.86. The average Bonchev–Trinajstić information content (AvgIpc) is 2.20. The van der Waals surface area contributed by atoms with Gasteiger partial charge in [-0.1, -0.05) is 46.3 Å². The summed E-state index contributed by atoms with van der Waals surface area (Å²) in [5.74, 6) is 0. The Kier molecular flexibility index (Phi) is 2.65. The summed E-state index contributed by atoms with van der Waals surface area (Å²) in [7, 11) is 0. The standard InChI is InChI=1S/C12H11Br/c13-12-8-6-11(7-9-12)10-4-2-1-3-5-10/h1-2,4,6-9H,3,5H2. The van der Waals surface area contributed by atoms with Crippen molar-refractivity contribution in [3.63, 3.8) is 0 Å². The van der Waals surface area contributed by atoms with E-state index in [-0.39, 0.29) is 0 Å². The third-order valence-corrected chi connectivity index (χ3v) is 2.76. The van der Waals surface area contributed by atoms with Crippen molar-refractivity contribution in [3.8, 4) is 0 Å². The molecular formula is C12H11Br. The summed E-state index contributed by atoms with van der Waals surface area (Å²) < 4.78 is 1.14. The lowest BCUT2D eigenvalue weighted by Gasteiger charge is -2.08. The minimum atomic E-state index is 1.14. The van der Waals surface area contributed by atoms with Gasteiger partial charge in [-0.25, -0.2) is 0 Å². The molecule has 0 radical (unpaired) electrons. The number of hydrogen-bond donors (Lipinski definition) is 0. The van der Waals surface area contributed by atoms with E-state index in [1.54, 1.807) is 0 Å². The minimum Gasteiger partial charge on any atom is -0.0842 e. The van der Waals surface area contributed by atoms with Gasteiger partial charge in [-0.05, 0) is 36.1 Å². The van der Waals surface area contributed by atoms with E-state index in [0.29, 0.717) is 0 Å². The molecule has 0 nitrogen and oxygen atoms in total. The maximum absolute atomic E-state index is 3.44. The molecule has 0 aromatic heterocycles. The lowest BCUT2D eigenvalue weighted by atomic mass is 9.98. The maximum Gasteiger partial charge on any atom is 0.0175 e. The van der Waals surface area contributed by atoms with Crippen molar-refractivity contribution in [2.45, 2.75) is 12.8 Å². The summed E-state index contributed by atoms with van der Waals surface area (Å²) in [6.45, 7) is 0. The third-order valence-electron chi connectivity index (χ3n) is 2.23. The Morgan fingerprint density at radius 1 is 1.08 bits per heavy atom. The molecule has 1 aromatic rings. The van der Waals surface area contributed by atoms with E-state index >= 15 is 0 Å². The van der Waals surface area contributed by atoms with Gasteiger partial charge in [-0.15, -0.1) is 0 Å². The minimum absolute atomic E-state index is 1.14. The lowest BCUT2D eigenvalue weighted by molar-refractivity contribution is 1.05. The summed E-state index contributed by atoms with van der Waals surface area (Å²) in [5.41, 5.74) is 2.78. The highest BCUT2D eigenvalue weighted by Gasteiger charge is 2.01. The number of halogens is 1. The van der Waals surface area contributed by atoms with Crippen LogP contribution >= 0.6 is 15.9 Å². The van der Waals surface area contributed by atoms with E-state index in [9.17, 15) is 0 Å². The van der Waals surface area contributed by atoms with Crippen LogP contribution in [-0.4, -0.2) is 0 Å². The predicted molar refractivity (Wildman–Crippen MR) is 60.5 cm³/mol. The van der Waals surface area contributed by atoms with Gasteiger partial charge in [0.05, 0.1) is 0 Å². The molecule has 1 aromatic carbocycles. The van der Waals surface area contributed by atoms with Gasteiger partial charge >= 0.3 is 0 Å². The van der Waals surface area contributed by atoms with Gasteiger partial charge < -0.3 is 0 Å². The molecule has 13 heavy (non-hydrogen) atoms. The summed E-state index contributed by atoms with van der Waals surface area (Å²) in [6.07, 6.45) is 8.88. The molecule has 0 amide bonds. The molecule has 0 aliphatic heterocycles. The fourth-order valence-corrected chi connectivity index (χ4v) is 1.77. The van der Waals surface area contributed by atoms with Gasteiger partial charge in [-0.2, -0.15) is 0 Å². The van der Waals surface area contributed by atoms with E-state index in [2.05, 4.69) is 58.4 Å². The van der Waals surface area contributed by atoms with E-state index < -0.39 is 0 Å². The molecule has 0 bridgehead atoms. The fourth-order valence-electron chi connectivity index (χ4n) is 1.51. The highest BCUT2D eigenvalue weighted by atomic mass is 79.9. The molecule has 0 unspecified atom stereocenters. The van der Waals surface area contributed by atoms with Crippen molar-refractivity contribution in [1.82, 2.24) is 0 Å². The van der Waals surface area contributed by atoms with Gasteiger partial charge in [0.2, 0.25) is 0 Å². The van der Waals surface area contributed by atoms with Crippen LogP contribution in [0.3, 0.4) is 0 Å². The monoisotopic (exact) mass is 234 g/mol. The molecule has 66 valence electrons. The second-order valence-electron chi connectivity index (χ2n) is 3.17. The zero-order chi connectivity index (χ0) is 9.10. The molecule has 1 heteroatoms. The molecule has 1 aliphatic rings. The number of allylic oxidation sites excluding steroid dienone is 4. The molecule has 0 heterocycles. The van der Waals surface area contributed by atoms with Gasteiger partial charge in [0.1, 0.15) is 0 Å². The van der Waals surface area contributed by atoms with Gasteiger partial charge in [0, 0.05) is 4.47 Å². The third kappa shape index (κ3) is 2.10. The van der Waals surface area contributed by atoms with Crippen LogP contribution in [0.1, 0.15) is 18.4 Å². The van der Waals surface area contributed by atoms with Crippen LogP contribution in [0, 0.1) is 0 Å². The number of benzene rings is 1. The molecule has 0 saturated carbocycles. The van der Waals surface area contributed by atoms with Crippen molar-refractivity contribution >= 4 is 21.5 Å². The van der Waals surface area contributed by atoms with Crippen LogP contribution in [0.5, 0.6) is 0 Å². The molecular weight excluding hydrogens is 224 g/mol. The van der Waals surface area contributed by atoms with E-state index in [1.165, 1.54) is 17.6 Å². The molecule has 0 atom stereocenters. The van der Waals surface area contributed by atoms with Crippen molar-refractivity contribution in [1.29, 1.82) is 0 Å². The molecule has 0 fully saturated rings. The van der Waals surface area contributed by atoms with Crippen LogP contribution in [-0.2, 0) is 0 Å². The van der Waals surface area contributed by atoms with Crippen LogP contribution in [0.15, 0.2) is 47.0 Å². The van der Waals surface area contributed by atoms with Crippen molar-refractivity contribution in [2.75, 3.05) is 0 Å². The van der Waals surface area contributed by atoms with E-state index in [0.717, 1.165) is 10.9 Å².